The van der Waals surface area contributed by atoms with Crippen molar-refractivity contribution in [3.8, 4) is 0 Å². The van der Waals surface area contributed by atoms with E-state index in [1.54, 1.807) is 0 Å². The summed E-state index contributed by atoms with van der Waals surface area (Å²) >= 11 is 0. The van der Waals surface area contributed by atoms with Gasteiger partial charge in [0.05, 0.1) is 0 Å². The standard InChI is InChI=1S/C11H8F2O2/c12-9-4-7-3-6(1-2-14)11(15)8(7)5-10(9)13/h2,4-6H,1,3H2. The maximum atomic E-state index is 12.9. The highest BCUT2D eigenvalue weighted by atomic mass is 19.2. The van der Waals surface area contributed by atoms with E-state index >= 15 is 0 Å². The Hall–Kier alpha value is -1.58. The predicted molar refractivity (Wildman–Crippen MR) is 48.6 cm³/mol. The average molecular weight is 210 g/mol. The third-order valence-electron chi connectivity index (χ3n) is 2.63. The Morgan fingerprint density at radius 1 is 1.33 bits per heavy atom. The molecule has 2 rings (SSSR count). The van der Waals surface area contributed by atoms with Crippen LogP contribution < -0.4 is 0 Å². The van der Waals surface area contributed by atoms with E-state index in [2.05, 4.69) is 0 Å². The number of ketones is 1. The molecule has 78 valence electrons. The van der Waals surface area contributed by atoms with Gasteiger partial charge in [-0.3, -0.25) is 4.79 Å². The summed E-state index contributed by atoms with van der Waals surface area (Å²) in [4.78, 5) is 21.9. The fraction of sp³-hybridized carbons (Fsp3) is 0.273. The average Bonchev–Trinajstić information content (AvgIpc) is 2.47. The van der Waals surface area contributed by atoms with Gasteiger partial charge in [0.2, 0.25) is 0 Å². The number of Topliss-reactive ketones (excluding diaryl/α,β-unsaturated/α-hetero) is 1. The summed E-state index contributed by atoms with van der Waals surface area (Å²) in [5.74, 6) is -2.68. The highest BCUT2D eigenvalue weighted by Crippen LogP contribution is 2.29. The highest BCUT2D eigenvalue weighted by molar-refractivity contribution is 6.03. The quantitative estimate of drug-likeness (QED) is 0.699. The molecule has 1 aromatic carbocycles. The van der Waals surface area contributed by atoms with Gasteiger partial charge in [0.25, 0.3) is 0 Å². The molecule has 0 saturated carbocycles. The van der Waals surface area contributed by atoms with Crippen molar-refractivity contribution in [3.05, 3.63) is 34.9 Å². The number of aldehydes is 1. The van der Waals surface area contributed by atoms with Gasteiger partial charge in [-0.15, -0.1) is 0 Å². The fourth-order valence-corrected chi connectivity index (χ4v) is 1.87. The van der Waals surface area contributed by atoms with Crippen LogP contribution in [0.1, 0.15) is 22.3 Å². The third-order valence-corrected chi connectivity index (χ3v) is 2.63. The van der Waals surface area contributed by atoms with Crippen molar-refractivity contribution in [1.29, 1.82) is 0 Å². The minimum Gasteiger partial charge on any atom is -0.303 e. The van der Waals surface area contributed by atoms with E-state index in [0.717, 1.165) is 12.1 Å². The molecule has 1 aliphatic rings. The summed E-state index contributed by atoms with van der Waals surface area (Å²) in [6.07, 6.45) is 1.09. The number of fused-ring (bicyclic) bond motifs is 1. The van der Waals surface area contributed by atoms with Crippen molar-refractivity contribution in [3.63, 3.8) is 0 Å². The first-order chi connectivity index (χ1) is 7.13. The summed E-state index contributed by atoms with van der Waals surface area (Å²) in [5.41, 5.74) is 0.700. The molecule has 0 amide bonds. The molecule has 0 aliphatic heterocycles. The number of rotatable bonds is 2. The first-order valence-electron chi connectivity index (χ1n) is 4.59. The normalized spacial score (nSPS) is 19.1. The lowest BCUT2D eigenvalue weighted by molar-refractivity contribution is -0.108. The van der Waals surface area contributed by atoms with Crippen LogP contribution in [0.25, 0.3) is 0 Å². The monoisotopic (exact) mass is 210 g/mol. The molecule has 0 spiro atoms. The Labute approximate surface area is 84.9 Å². The van der Waals surface area contributed by atoms with Crippen molar-refractivity contribution in [2.45, 2.75) is 12.8 Å². The molecule has 1 aromatic rings. The molecule has 1 atom stereocenters. The van der Waals surface area contributed by atoms with Crippen LogP contribution in [0, 0.1) is 17.6 Å². The molecule has 15 heavy (non-hydrogen) atoms. The minimum atomic E-state index is -1.02. The van der Waals surface area contributed by atoms with Crippen molar-refractivity contribution in [1.82, 2.24) is 0 Å². The van der Waals surface area contributed by atoms with Gasteiger partial charge >= 0.3 is 0 Å². The van der Waals surface area contributed by atoms with E-state index in [0.29, 0.717) is 18.3 Å². The van der Waals surface area contributed by atoms with Gasteiger partial charge in [-0.2, -0.15) is 0 Å². The summed E-state index contributed by atoms with van der Waals surface area (Å²) in [7, 11) is 0. The number of carbonyl (C=O) groups is 2. The van der Waals surface area contributed by atoms with Crippen molar-refractivity contribution < 1.29 is 18.4 Å². The van der Waals surface area contributed by atoms with Crippen LogP contribution in [0.2, 0.25) is 0 Å². The van der Waals surface area contributed by atoms with Gasteiger partial charge in [-0.05, 0) is 24.1 Å². The van der Waals surface area contributed by atoms with Gasteiger partial charge in [-0.25, -0.2) is 8.78 Å². The SMILES string of the molecule is O=CCC1Cc2cc(F)c(F)cc2C1=O. The number of hydrogen-bond acceptors (Lipinski definition) is 2. The maximum Gasteiger partial charge on any atom is 0.167 e. The number of carbonyl (C=O) groups excluding carboxylic acids is 2. The lowest BCUT2D eigenvalue weighted by atomic mass is 10.0. The number of halogens is 2. The van der Waals surface area contributed by atoms with E-state index in [1.165, 1.54) is 0 Å². The van der Waals surface area contributed by atoms with Crippen LogP contribution >= 0.6 is 0 Å². The molecule has 0 radical (unpaired) electrons. The molecular formula is C11H8F2O2. The Kier molecular flexibility index (Phi) is 2.34. The minimum absolute atomic E-state index is 0.108. The van der Waals surface area contributed by atoms with Gasteiger partial charge in [0.15, 0.2) is 17.4 Å². The van der Waals surface area contributed by atoms with Crippen LogP contribution in [-0.2, 0) is 11.2 Å². The van der Waals surface area contributed by atoms with E-state index in [1.807, 2.05) is 0 Å². The molecule has 0 bridgehead atoms. The largest absolute Gasteiger partial charge is 0.303 e. The lowest BCUT2D eigenvalue weighted by Gasteiger charge is -1.99. The van der Waals surface area contributed by atoms with Crippen LogP contribution in [0.4, 0.5) is 8.78 Å². The lowest BCUT2D eigenvalue weighted by Crippen LogP contribution is -2.09. The molecule has 1 aliphatic carbocycles. The zero-order valence-electron chi connectivity index (χ0n) is 7.80. The topological polar surface area (TPSA) is 34.1 Å². The smallest absolute Gasteiger partial charge is 0.167 e. The van der Waals surface area contributed by atoms with Gasteiger partial charge < -0.3 is 4.79 Å². The Balaban J connectivity index is 2.41. The first-order valence-corrected chi connectivity index (χ1v) is 4.59. The zero-order chi connectivity index (χ0) is 11.0. The molecule has 0 N–H and O–H groups in total. The van der Waals surface area contributed by atoms with Crippen LogP contribution in [-0.4, -0.2) is 12.1 Å². The fourth-order valence-electron chi connectivity index (χ4n) is 1.87. The van der Waals surface area contributed by atoms with Crippen LogP contribution in [0.3, 0.4) is 0 Å². The van der Waals surface area contributed by atoms with E-state index in [9.17, 15) is 18.4 Å². The number of benzene rings is 1. The molecule has 0 aromatic heterocycles. The van der Waals surface area contributed by atoms with E-state index in [4.69, 9.17) is 0 Å². The van der Waals surface area contributed by atoms with Crippen LogP contribution in [0.5, 0.6) is 0 Å². The van der Waals surface area contributed by atoms with Gasteiger partial charge in [-0.1, -0.05) is 0 Å². The summed E-state index contributed by atoms with van der Waals surface area (Å²) < 4.78 is 25.7. The third kappa shape index (κ3) is 1.56. The Bertz CT molecular complexity index is 440. The van der Waals surface area contributed by atoms with Gasteiger partial charge in [0, 0.05) is 17.9 Å². The second-order valence-electron chi connectivity index (χ2n) is 3.59. The second kappa shape index (κ2) is 3.53. The molecule has 0 saturated heterocycles. The summed E-state index contributed by atoms with van der Waals surface area (Å²) in [5, 5.41) is 0. The molecule has 0 fully saturated rings. The van der Waals surface area contributed by atoms with Crippen LogP contribution in [0.15, 0.2) is 12.1 Å². The molecule has 2 nitrogen and oxygen atoms in total. The Morgan fingerprint density at radius 3 is 2.67 bits per heavy atom. The Morgan fingerprint density at radius 2 is 2.00 bits per heavy atom. The molecule has 1 unspecified atom stereocenters. The highest BCUT2D eigenvalue weighted by Gasteiger charge is 2.31. The van der Waals surface area contributed by atoms with Crippen molar-refractivity contribution in [2.75, 3.05) is 0 Å². The predicted octanol–water partition coefficient (Wildman–Crippen LogP) is 1.91. The van der Waals surface area contributed by atoms with E-state index in [-0.39, 0.29) is 17.8 Å². The maximum absolute atomic E-state index is 12.9. The van der Waals surface area contributed by atoms with Crippen molar-refractivity contribution in [2.24, 2.45) is 5.92 Å². The zero-order valence-corrected chi connectivity index (χ0v) is 7.80. The van der Waals surface area contributed by atoms with E-state index < -0.39 is 17.6 Å². The van der Waals surface area contributed by atoms with Gasteiger partial charge in [0.1, 0.15) is 6.29 Å². The summed E-state index contributed by atoms with van der Waals surface area (Å²) in [6.45, 7) is 0. The second-order valence-corrected chi connectivity index (χ2v) is 3.59. The summed E-state index contributed by atoms with van der Waals surface area (Å²) in [6, 6.07) is 1.95. The first kappa shape index (κ1) is 9.96. The number of hydrogen-bond donors (Lipinski definition) is 0. The molecule has 0 heterocycles. The molecular weight excluding hydrogens is 202 g/mol. The van der Waals surface area contributed by atoms with Crippen molar-refractivity contribution >= 4 is 12.1 Å². The molecule has 4 heteroatoms.